The van der Waals surface area contributed by atoms with Gasteiger partial charge >= 0.3 is 17.9 Å². The number of benzene rings is 1. The maximum atomic E-state index is 11.9. The fourth-order valence-corrected chi connectivity index (χ4v) is 2.94. The van der Waals surface area contributed by atoms with Crippen molar-refractivity contribution in [2.24, 2.45) is 0 Å². The van der Waals surface area contributed by atoms with Crippen LogP contribution in [0.15, 0.2) is 54.6 Å². The number of hydrogen-bond acceptors (Lipinski definition) is 7. The monoisotopic (exact) mass is 500 g/mol. The average molecular weight is 501 g/mol. The Bertz CT molecular complexity index is 868. The molecular weight excluding hydrogens is 460 g/mol. The van der Waals surface area contributed by atoms with Crippen LogP contribution in [0.2, 0.25) is 0 Å². The third-order valence-corrected chi connectivity index (χ3v) is 5.05. The van der Waals surface area contributed by atoms with Crippen molar-refractivity contribution in [2.75, 3.05) is 26.4 Å². The quantitative estimate of drug-likeness (QED) is 0.0999. The van der Waals surface area contributed by atoms with Crippen LogP contribution in [0.1, 0.15) is 70.8 Å². The molecule has 0 atom stereocenters. The number of hydrogen-bond donors (Lipinski definition) is 0. The Labute approximate surface area is 215 Å². The summed E-state index contributed by atoms with van der Waals surface area (Å²) >= 11 is 0. The van der Waals surface area contributed by atoms with E-state index in [1.807, 2.05) is 24.3 Å². The minimum atomic E-state index is -0.375. The van der Waals surface area contributed by atoms with E-state index in [1.165, 1.54) is 6.08 Å². The van der Waals surface area contributed by atoms with Crippen LogP contribution in [-0.2, 0) is 28.6 Å². The fourth-order valence-electron chi connectivity index (χ4n) is 2.94. The van der Waals surface area contributed by atoms with E-state index >= 15 is 0 Å². The summed E-state index contributed by atoms with van der Waals surface area (Å²) in [5, 5.41) is 0. The molecule has 198 valence electrons. The predicted molar refractivity (Wildman–Crippen MR) is 140 cm³/mol. The summed E-state index contributed by atoms with van der Waals surface area (Å²) in [6, 6.07) is 7.51. The van der Waals surface area contributed by atoms with Crippen molar-refractivity contribution >= 4 is 24.0 Å². The van der Waals surface area contributed by atoms with Crippen molar-refractivity contribution in [2.45, 2.75) is 65.2 Å². The molecule has 0 amide bonds. The molecular formula is C29H40O7. The third kappa shape index (κ3) is 15.5. The molecule has 0 aliphatic carbocycles. The highest BCUT2D eigenvalue weighted by Gasteiger charge is 2.03. The highest BCUT2D eigenvalue weighted by Crippen LogP contribution is 2.14. The topological polar surface area (TPSA) is 88.1 Å². The maximum absolute atomic E-state index is 11.9. The zero-order valence-corrected chi connectivity index (χ0v) is 21.7. The van der Waals surface area contributed by atoms with E-state index in [9.17, 15) is 14.4 Å². The lowest BCUT2D eigenvalue weighted by Crippen LogP contribution is -2.06. The molecule has 0 spiro atoms. The molecule has 0 heterocycles. The van der Waals surface area contributed by atoms with Crippen LogP contribution in [-0.4, -0.2) is 44.3 Å². The van der Waals surface area contributed by atoms with Crippen LogP contribution in [0.5, 0.6) is 5.75 Å². The minimum Gasteiger partial charge on any atom is -0.494 e. The number of unbranched alkanes of at least 4 members (excludes halogenated alkanes) is 6. The van der Waals surface area contributed by atoms with Crippen molar-refractivity contribution in [3.63, 3.8) is 0 Å². The van der Waals surface area contributed by atoms with Gasteiger partial charge in [0.25, 0.3) is 0 Å². The van der Waals surface area contributed by atoms with Gasteiger partial charge in [0, 0.05) is 17.2 Å². The lowest BCUT2D eigenvalue weighted by molar-refractivity contribution is -0.140. The Morgan fingerprint density at radius 2 is 1.11 bits per heavy atom. The second-order valence-electron chi connectivity index (χ2n) is 8.58. The average Bonchev–Trinajstić information content (AvgIpc) is 2.86. The van der Waals surface area contributed by atoms with E-state index in [2.05, 4.69) is 13.2 Å². The smallest absolute Gasteiger partial charge is 0.333 e. The molecule has 7 heteroatoms. The molecule has 1 rings (SSSR count). The van der Waals surface area contributed by atoms with E-state index in [0.717, 1.165) is 62.7 Å². The first-order chi connectivity index (χ1) is 17.3. The zero-order chi connectivity index (χ0) is 26.6. The SMILES string of the molecule is C=C(C)C(=O)OCCCCCCOC(=O)/C=C/c1ccc(OCCCCCCOC(=O)C(=C)C)cc1. The molecule has 0 aliphatic rings. The molecule has 0 aromatic heterocycles. The largest absolute Gasteiger partial charge is 0.494 e. The molecule has 0 saturated carbocycles. The van der Waals surface area contributed by atoms with E-state index in [-0.39, 0.29) is 17.9 Å². The molecule has 0 saturated heterocycles. The molecule has 1 aromatic rings. The van der Waals surface area contributed by atoms with Gasteiger partial charge in [0.05, 0.1) is 26.4 Å². The highest BCUT2D eigenvalue weighted by molar-refractivity contribution is 5.87. The van der Waals surface area contributed by atoms with Crippen molar-refractivity contribution in [3.05, 3.63) is 60.2 Å². The lowest BCUT2D eigenvalue weighted by Gasteiger charge is -2.07. The van der Waals surface area contributed by atoms with E-state index in [0.29, 0.717) is 37.6 Å². The molecule has 0 aliphatic heterocycles. The van der Waals surface area contributed by atoms with Crippen LogP contribution < -0.4 is 4.74 Å². The van der Waals surface area contributed by atoms with Crippen LogP contribution in [0.25, 0.3) is 6.08 Å². The molecule has 0 unspecified atom stereocenters. The Morgan fingerprint density at radius 1 is 0.667 bits per heavy atom. The van der Waals surface area contributed by atoms with E-state index in [4.69, 9.17) is 18.9 Å². The van der Waals surface area contributed by atoms with Gasteiger partial charge < -0.3 is 18.9 Å². The van der Waals surface area contributed by atoms with Crippen molar-refractivity contribution < 1.29 is 33.3 Å². The van der Waals surface area contributed by atoms with Gasteiger partial charge in [-0.05, 0) is 89.0 Å². The predicted octanol–water partition coefficient (Wildman–Crippen LogP) is 5.98. The Kier molecular flexibility index (Phi) is 16.1. The number of carbonyl (C=O) groups excluding carboxylic acids is 3. The molecule has 0 radical (unpaired) electrons. The van der Waals surface area contributed by atoms with E-state index < -0.39 is 0 Å². The summed E-state index contributed by atoms with van der Waals surface area (Å²) in [6.07, 6.45) is 10.2. The first-order valence-electron chi connectivity index (χ1n) is 12.5. The molecule has 0 N–H and O–H groups in total. The van der Waals surface area contributed by atoms with Gasteiger partial charge in [0.1, 0.15) is 5.75 Å². The first-order valence-corrected chi connectivity index (χ1v) is 12.5. The number of esters is 3. The lowest BCUT2D eigenvalue weighted by atomic mass is 10.2. The molecule has 7 nitrogen and oxygen atoms in total. The van der Waals surface area contributed by atoms with E-state index in [1.54, 1.807) is 19.9 Å². The number of ether oxygens (including phenoxy) is 4. The summed E-state index contributed by atoms with van der Waals surface area (Å²) in [5.41, 5.74) is 1.71. The summed E-state index contributed by atoms with van der Waals surface area (Å²) in [6.45, 7) is 12.1. The number of rotatable bonds is 19. The molecule has 1 aromatic carbocycles. The normalized spacial score (nSPS) is 10.6. The van der Waals surface area contributed by atoms with Gasteiger partial charge in [-0.1, -0.05) is 25.3 Å². The van der Waals surface area contributed by atoms with Crippen LogP contribution >= 0.6 is 0 Å². The zero-order valence-electron chi connectivity index (χ0n) is 21.7. The molecule has 0 bridgehead atoms. The third-order valence-electron chi connectivity index (χ3n) is 5.05. The highest BCUT2D eigenvalue weighted by atomic mass is 16.5. The molecule has 36 heavy (non-hydrogen) atoms. The standard InChI is InChI=1S/C29H40O7/c1-23(2)28(31)35-21-11-7-5-9-19-33-26-16-13-25(14-17-26)15-18-27(30)34-20-10-6-8-12-22-36-29(32)24(3)4/h13-18H,1,3,5-12,19-22H2,2,4H3/b18-15+. The van der Waals surface area contributed by atoms with Gasteiger partial charge in [0.15, 0.2) is 0 Å². The first kappa shape index (κ1) is 30.7. The summed E-state index contributed by atoms with van der Waals surface area (Å²) in [4.78, 5) is 34.4. The maximum Gasteiger partial charge on any atom is 0.333 e. The van der Waals surface area contributed by atoms with Crippen LogP contribution in [0.4, 0.5) is 0 Å². The minimum absolute atomic E-state index is 0.336. The van der Waals surface area contributed by atoms with Crippen molar-refractivity contribution in [1.29, 1.82) is 0 Å². The summed E-state index contributed by atoms with van der Waals surface area (Å²) in [5.74, 6) is -0.293. The van der Waals surface area contributed by atoms with Crippen LogP contribution in [0.3, 0.4) is 0 Å². The van der Waals surface area contributed by atoms with Gasteiger partial charge in [-0.15, -0.1) is 0 Å². The summed E-state index contributed by atoms with van der Waals surface area (Å²) < 4.78 is 21.0. The second-order valence-corrected chi connectivity index (χ2v) is 8.58. The Morgan fingerprint density at radius 3 is 1.58 bits per heavy atom. The fraction of sp³-hybridized carbons (Fsp3) is 0.483. The molecule has 0 fully saturated rings. The Hall–Kier alpha value is -3.35. The summed E-state index contributed by atoms with van der Waals surface area (Å²) in [7, 11) is 0. The van der Waals surface area contributed by atoms with Crippen LogP contribution in [0, 0.1) is 0 Å². The van der Waals surface area contributed by atoms with Crippen molar-refractivity contribution in [1.82, 2.24) is 0 Å². The van der Waals surface area contributed by atoms with Gasteiger partial charge in [-0.2, -0.15) is 0 Å². The van der Waals surface area contributed by atoms with Crippen molar-refractivity contribution in [3.8, 4) is 5.75 Å². The Balaban J connectivity index is 2.08. The van der Waals surface area contributed by atoms with Gasteiger partial charge in [-0.3, -0.25) is 0 Å². The van der Waals surface area contributed by atoms with Gasteiger partial charge in [-0.25, -0.2) is 14.4 Å². The second kappa shape index (κ2) is 18.9. The van der Waals surface area contributed by atoms with Gasteiger partial charge in [0.2, 0.25) is 0 Å². The number of carbonyl (C=O) groups is 3.